The molecule has 0 aliphatic carbocycles. The van der Waals surface area contributed by atoms with E-state index in [1.807, 2.05) is 6.07 Å². The molecule has 0 bridgehead atoms. The number of nitrogen functional groups attached to an aromatic ring is 1. The highest BCUT2D eigenvalue weighted by atomic mass is 79.9. The fourth-order valence-corrected chi connectivity index (χ4v) is 1.53. The Bertz CT molecular complexity index is 360. The van der Waals surface area contributed by atoms with Crippen molar-refractivity contribution < 1.29 is 4.79 Å². The fourth-order valence-electron chi connectivity index (χ4n) is 1.16. The molecule has 0 spiro atoms. The zero-order valence-corrected chi connectivity index (χ0v) is 9.38. The number of ketones is 1. The lowest BCUT2D eigenvalue weighted by Crippen LogP contribution is -2.03. The van der Waals surface area contributed by atoms with E-state index in [9.17, 15) is 4.79 Å². The molecule has 1 aromatic carbocycles. The second kappa shape index (κ2) is 4.96. The lowest BCUT2D eigenvalue weighted by molar-refractivity contribution is 0.0984. The number of carbonyl (C=O) groups excluding carboxylic acids is 1. The average molecular weight is 254 g/mol. The van der Waals surface area contributed by atoms with Gasteiger partial charge in [0.1, 0.15) is 0 Å². The van der Waals surface area contributed by atoms with Crippen molar-refractivity contribution in [1.82, 2.24) is 0 Å². The van der Waals surface area contributed by atoms with Crippen molar-refractivity contribution in [1.29, 1.82) is 0 Å². The molecule has 0 aromatic heterocycles. The molecule has 1 aromatic rings. The molecule has 0 atom stereocenters. The highest BCUT2D eigenvalue weighted by molar-refractivity contribution is 9.10. The summed E-state index contributed by atoms with van der Waals surface area (Å²) >= 11 is 3.29. The van der Waals surface area contributed by atoms with Crippen LogP contribution in [0.5, 0.6) is 0 Å². The second-order valence-electron chi connectivity index (χ2n) is 2.98. The number of benzene rings is 1. The molecule has 1 rings (SSSR count). The molecule has 2 nitrogen and oxygen atoms in total. The minimum absolute atomic E-state index is 0.0647. The van der Waals surface area contributed by atoms with Gasteiger partial charge in [0.25, 0.3) is 0 Å². The second-order valence-corrected chi connectivity index (χ2v) is 3.90. The Kier molecular flexibility index (Phi) is 3.89. The van der Waals surface area contributed by atoms with E-state index >= 15 is 0 Å². The quantitative estimate of drug-likeness (QED) is 0.509. The van der Waals surface area contributed by atoms with E-state index in [1.165, 1.54) is 0 Å². The van der Waals surface area contributed by atoms with Crippen molar-refractivity contribution in [3.8, 4) is 0 Å². The van der Waals surface area contributed by atoms with E-state index in [1.54, 1.807) is 18.2 Å². The molecule has 0 fully saturated rings. The zero-order valence-electron chi connectivity index (χ0n) is 7.79. The number of Topliss-reactive ketones (excluding diaryl/α,β-unsaturated/α-hetero) is 1. The van der Waals surface area contributed by atoms with E-state index in [4.69, 9.17) is 5.73 Å². The highest BCUT2D eigenvalue weighted by Gasteiger charge is 2.08. The maximum Gasteiger partial charge on any atom is 0.165 e. The Hall–Kier alpha value is -1.09. The van der Waals surface area contributed by atoms with Gasteiger partial charge in [0.2, 0.25) is 0 Å². The van der Waals surface area contributed by atoms with Crippen LogP contribution in [0, 0.1) is 0 Å². The van der Waals surface area contributed by atoms with Gasteiger partial charge in [-0.3, -0.25) is 4.79 Å². The van der Waals surface area contributed by atoms with Gasteiger partial charge in [0.05, 0.1) is 0 Å². The van der Waals surface area contributed by atoms with Gasteiger partial charge in [0.15, 0.2) is 5.78 Å². The Morgan fingerprint density at radius 3 is 2.86 bits per heavy atom. The first kappa shape index (κ1) is 11.0. The number of nitrogens with two attached hydrogens (primary N) is 1. The summed E-state index contributed by atoms with van der Waals surface area (Å²) in [6.07, 6.45) is 2.89. The van der Waals surface area contributed by atoms with Crippen LogP contribution in [0.1, 0.15) is 23.2 Å². The molecule has 0 saturated carbocycles. The number of allylic oxidation sites excluding steroid dienone is 1. The molecule has 0 amide bonds. The van der Waals surface area contributed by atoms with Gasteiger partial charge in [-0.25, -0.2) is 0 Å². The van der Waals surface area contributed by atoms with E-state index in [0.717, 1.165) is 4.47 Å². The lowest BCUT2D eigenvalue weighted by Gasteiger charge is -2.03. The third-order valence-electron chi connectivity index (χ3n) is 1.89. The van der Waals surface area contributed by atoms with Crippen LogP contribution < -0.4 is 5.73 Å². The number of hydrogen-bond donors (Lipinski definition) is 1. The molecule has 3 heteroatoms. The van der Waals surface area contributed by atoms with Crippen molar-refractivity contribution >= 4 is 27.4 Å². The van der Waals surface area contributed by atoms with Crippen molar-refractivity contribution in [3.63, 3.8) is 0 Å². The first-order valence-electron chi connectivity index (χ1n) is 4.34. The average Bonchev–Trinajstić information content (AvgIpc) is 2.14. The standard InChI is InChI=1S/C11H12BrNO/c1-2-3-4-11(14)9-6-5-8(12)7-10(9)13/h2,5-7H,1,3-4,13H2. The van der Waals surface area contributed by atoms with Crippen LogP contribution in [0.4, 0.5) is 5.69 Å². The maximum absolute atomic E-state index is 11.6. The van der Waals surface area contributed by atoms with Gasteiger partial charge in [-0.2, -0.15) is 0 Å². The summed E-state index contributed by atoms with van der Waals surface area (Å²) in [7, 11) is 0. The summed E-state index contributed by atoms with van der Waals surface area (Å²) in [5.74, 6) is 0.0647. The minimum Gasteiger partial charge on any atom is -0.398 e. The number of carbonyl (C=O) groups is 1. The SMILES string of the molecule is C=CCCC(=O)c1ccc(Br)cc1N. The van der Waals surface area contributed by atoms with Crippen LogP contribution >= 0.6 is 15.9 Å². The molecule has 0 unspecified atom stereocenters. The molecule has 0 saturated heterocycles. The largest absolute Gasteiger partial charge is 0.398 e. The van der Waals surface area contributed by atoms with Gasteiger partial charge in [-0.15, -0.1) is 6.58 Å². The molecular weight excluding hydrogens is 242 g/mol. The van der Waals surface area contributed by atoms with Gasteiger partial charge in [0, 0.05) is 22.1 Å². The van der Waals surface area contributed by atoms with E-state index in [0.29, 0.717) is 24.1 Å². The number of halogens is 1. The van der Waals surface area contributed by atoms with Crippen molar-refractivity contribution in [2.45, 2.75) is 12.8 Å². The van der Waals surface area contributed by atoms with Crippen LogP contribution in [0.25, 0.3) is 0 Å². The van der Waals surface area contributed by atoms with E-state index in [2.05, 4.69) is 22.5 Å². The predicted octanol–water partition coefficient (Wildman–Crippen LogP) is 3.18. The van der Waals surface area contributed by atoms with Gasteiger partial charge < -0.3 is 5.73 Å². The molecule has 0 aliphatic rings. The smallest absolute Gasteiger partial charge is 0.165 e. The molecule has 0 aliphatic heterocycles. The summed E-state index contributed by atoms with van der Waals surface area (Å²) in [5.41, 5.74) is 6.83. The van der Waals surface area contributed by atoms with Crippen LogP contribution in [-0.4, -0.2) is 5.78 Å². The normalized spacial score (nSPS) is 9.79. The molecule has 74 valence electrons. The molecule has 0 radical (unpaired) electrons. The van der Waals surface area contributed by atoms with Crippen LogP contribution in [0.15, 0.2) is 35.3 Å². The zero-order chi connectivity index (χ0) is 10.6. The first-order valence-corrected chi connectivity index (χ1v) is 5.13. The van der Waals surface area contributed by atoms with Crippen molar-refractivity contribution in [2.24, 2.45) is 0 Å². The fraction of sp³-hybridized carbons (Fsp3) is 0.182. The Morgan fingerprint density at radius 2 is 2.29 bits per heavy atom. The number of hydrogen-bond acceptors (Lipinski definition) is 2. The molecule has 2 N–H and O–H groups in total. The molecule has 0 heterocycles. The first-order chi connectivity index (χ1) is 6.65. The number of anilines is 1. The monoisotopic (exact) mass is 253 g/mol. The van der Waals surface area contributed by atoms with Crippen LogP contribution in [-0.2, 0) is 0 Å². The third kappa shape index (κ3) is 2.70. The van der Waals surface area contributed by atoms with Crippen molar-refractivity contribution in [2.75, 3.05) is 5.73 Å². The Morgan fingerprint density at radius 1 is 1.57 bits per heavy atom. The summed E-state index contributed by atoms with van der Waals surface area (Å²) in [5, 5.41) is 0. The molecule has 14 heavy (non-hydrogen) atoms. The Balaban J connectivity index is 2.84. The van der Waals surface area contributed by atoms with Crippen LogP contribution in [0.2, 0.25) is 0 Å². The Labute approximate surface area is 91.9 Å². The summed E-state index contributed by atoms with van der Waals surface area (Å²) in [6, 6.07) is 5.30. The minimum atomic E-state index is 0.0647. The van der Waals surface area contributed by atoms with Crippen molar-refractivity contribution in [3.05, 3.63) is 40.9 Å². The molecular formula is C11H12BrNO. The number of rotatable bonds is 4. The lowest BCUT2D eigenvalue weighted by atomic mass is 10.1. The van der Waals surface area contributed by atoms with Crippen LogP contribution in [0.3, 0.4) is 0 Å². The maximum atomic E-state index is 11.6. The van der Waals surface area contributed by atoms with E-state index < -0.39 is 0 Å². The van der Waals surface area contributed by atoms with Gasteiger partial charge in [-0.1, -0.05) is 22.0 Å². The third-order valence-corrected chi connectivity index (χ3v) is 2.38. The topological polar surface area (TPSA) is 43.1 Å². The summed E-state index contributed by atoms with van der Waals surface area (Å²) < 4.78 is 0.885. The summed E-state index contributed by atoms with van der Waals surface area (Å²) in [4.78, 5) is 11.6. The summed E-state index contributed by atoms with van der Waals surface area (Å²) in [6.45, 7) is 3.57. The highest BCUT2D eigenvalue weighted by Crippen LogP contribution is 2.20. The van der Waals surface area contributed by atoms with E-state index in [-0.39, 0.29) is 5.78 Å². The van der Waals surface area contributed by atoms with Gasteiger partial charge >= 0.3 is 0 Å². The van der Waals surface area contributed by atoms with Gasteiger partial charge in [-0.05, 0) is 24.6 Å². The predicted molar refractivity (Wildman–Crippen MR) is 62.3 cm³/mol.